The number of fused-ring (bicyclic) bond motifs is 5. The lowest BCUT2D eigenvalue weighted by Gasteiger charge is -2.59. The number of aldehydes is 1. The second-order valence-electron chi connectivity index (χ2n) is 9.00. The summed E-state index contributed by atoms with van der Waals surface area (Å²) in [6.07, 6.45) is 9.26. The van der Waals surface area contributed by atoms with Crippen LogP contribution in [-0.4, -0.2) is 12.1 Å². The van der Waals surface area contributed by atoms with Crippen molar-refractivity contribution < 1.29 is 9.59 Å². The summed E-state index contributed by atoms with van der Waals surface area (Å²) < 4.78 is 0. The Hall–Kier alpha value is -0.630. The van der Waals surface area contributed by atoms with Gasteiger partial charge < -0.3 is 0 Å². The third kappa shape index (κ3) is 2.06. The number of Topliss-reactive ketones (excluding diaryl/α,β-unsaturated/α-hetero) is 1. The van der Waals surface area contributed by atoms with E-state index >= 15 is 0 Å². The Kier molecular flexibility index (Phi) is 3.58. The van der Waals surface area contributed by atoms with Crippen LogP contribution in [-0.2, 0) is 9.59 Å². The SMILES string of the molecule is C[C@]12CC(C=O)=C(Cl)C[C@@H]1CC[C@@H]1[C@@H]2CC[C@]2(C)C(=O)CC[C@@H]12. The topological polar surface area (TPSA) is 34.1 Å². The largest absolute Gasteiger partial charge is 0.299 e. The minimum Gasteiger partial charge on any atom is -0.299 e. The van der Waals surface area contributed by atoms with Gasteiger partial charge in [-0.2, -0.15) is 0 Å². The fourth-order valence-electron chi connectivity index (χ4n) is 6.88. The highest BCUT2D eigenvalue weighted by Gasteiger charge is 2.60. The van der Waals surface area contributed by atoms with Gasteiger partial charge in [0.05, 0.1) is 0 Å². The summed E-state index contributed by atoms with van der Waals surface area (Å²) in [4.78, 5) is 23.9. The summed E-state index contributed by atoms with van der Waals surface area (Å²) >= 11 is 6.37. The Balaban J connectivity index is 1.68. The molecule has 3 saturated carbocycles. The third-order valence-corrected chi connectivity index (χ3v) is 8.66. The molecule has 23 heavy (non-hydrogen) atoms. The second-order valence-corrected chi connectivity index (χ2v) is 9.46. The van der Waals surface area contributed by atoms with Gasteiger partial charge in [-0.3, -0.25) is 9.59 Å². The Morgan fingerprint density at radius 2 is 1.91 bits per heavy atom. The van der Waals surface area contributed by atoms with Crippen molar-refractivity contribution in [3.63, 3.8) is 0 Å². The Morgan fingerprint density at radius 1 is 1.13 bits per heavy atom. The van der Waals surface area contributed by atoms with Crippen molar-refractivity contribution in [1.29, 1.82) is 0 Å². The molecule has 3 fully saturated rings. The lowest BCUT2D eigenvalue weighted by molar-refractivity contribution is -0.136. The van der Waals surface area contributed by atoms with Crippen molar-refractivity contribution in [3.8, 4) is 0 Å². The predicted molar refractivity (Wildman–Crippen MR) is 91.1 cm³/mol. The first-order valence-corrected chi connectivity index (χ1v) is 9.64. The van der Waals surface area contributed by atoms with E-state index in [1.54, 1.807) is 0 Å². The molecular formula is C20H27ClO2. The fraction of sp³-hybridized carbons (Fsp3) is 0.800. The standard InChI is InChI=1S/C20H27ClO2/c1-19-8-7-16-14(15(19)5-6-18(19)23)4-3-13-9-17(21)12(11-22)10-20(13,16)2/h11,13-16H,3-10H2,1-2H3/t13-,14-,15-,16-,19-,20-/m0/s1. The fourth-order valence-corrected chi connectivity index (χ4v) is 7.17. The maximum atomic E-state index is 12.4. The Bertz CT molecular complexity index is 594. The first-order chi connectivity index (χ1) is 10.9. The summed E-state index contributed by atoms with van der Waals surface area (Å²) in [5.41, 5.74) is 0.978. The monoisotopic (exact) mass is 334 g/mol. The van der Waals surface area contributed by atoms with E-state index in [1.807, 2.05) is 0 Å². The summed E-state index contributed by atoms with van der Waals surface area (Å²) in [6, 6.07) is 0. The number of rotatable bonds is 1. The molecule has 0 radical (unpaired) electrons. The summed E-state index contributed by atoms with van der Waals surface area (Å²) in [6.45, 7) is 4.63. The highest BCUT2D eigenvalue weighted by Crippen LogP contribution is 2.65. The number of ketones is 1. The first-order valence-electron chi connectivity index (χ1n) is 9.26. The van der Waals surface area contributed by atoms with Gasteiger partial charge in [0, 0.05) is 22.4 Å². The number of carbonyl (C=O) groups excluding carboxylic acids is 2. The van der Waals surface area contributed by atoms with E-state index in [1.165, 1.54) is 12.8 Å². The van der Waals surface area contributed by atoms with Crippen molar-refractivity contribution >= 4 is 23.7 Å². The molecule has 4 rings (SSSR count). The van der Waals surface area contributed by atoms with E-state index in [9.17, 15) is 9.59 Å². The van der Waals surface area contributed by atoms with Gasteiger partial charge in [0.15, 0.2) is 0 Å². The smallest absolute Gasteiger partial charge is 0.147 e. The van der Waals surface area contributed by atoms with Crippen molar-refractivity contribution in [3.05, 3.63) is 10.6 Å². The van der Waals surface area contributed by atoms with Crippen molar-refractivity contribution in [2.24, 2.45) is 34.5 Å². The average Bonchev–Trinajstić information content (AvgIpc) is 2.83. The van der Waals surface area contributed by atoms with Gasteiger partial charge in [-0.1, -0.05) is 25.4 Å². The van der Waals surface area contributed by atoms with Gasteiger partial charge in [0.2, 0.25) is 0 Å². The van der Waals surface area contributed by atoms with Crippen LogP contribution < -0.4 is 0 Å². The molecule has 4 aliphatic rings. The van der Waals surface area contributed by atoms with Gasteiger partial charge in [0.1, 0.15) is 12.1 Å². The van der Waals surface area contributed by atoms with Gasteiger partial charge >= 0.3 is 0 Å². The molecule has 0 unspecified atom stereocenters. The van der Waals surface area contributed by atoms with Crippen molar-refractivity contribution in [2.45, 2.75) is 65.2 Å². The van der Waals surface area contributed by atoms with Crippen molar-refractivity contribution in [1.82, 2.24) is 0 Å². The summed E-state index contributed by atoms with van der Waals surface area (Å²) in [7, 11) is 0. The van der Waals surface area contributed by atoms with E-state index in [0.29, 0.717) is 29.5 Å². The van der Waals surface area contributed by atoms with Gasteiger partial charge in [-0.15, -0.1) is 0 Å². The van der Waals surface area contributed by atoms with Crippen LogP contribution in [0.25, 0.3) is 0 Å². The molecule has 0 aromatic heterocycles. The Labute approximate surface area is 144 Å². The maximum absolute atomic E-state index is 12.4. The highest BCUT2D eigenvalue weighted by molar-refractivity contribution is 6.31. The normalized spacial score (nSPS) is 49.4. The summed E-state index contributed by atoms with van der Waals surface area (Å²) in [5, 5.41) is 0.803. The average molecular weight is 335 g/mol. The number of hydrogen-bond donors (Lipinski definition) is 0. The van der Waals surface area contributed by atoms with E-state index in [-0.39, 0.29) is 10.8 Å². The maximum Gasteiger partial charge on any atom is 0.147 e. The second kappa shape index (κ2) is 5.18. The van der Waals surface area contributed by atoms with Crippen LogP contribution in [0.2, 0.25) is 0 Å². The molecule has 0 spiro atoms. The zero-order chi connectivity index (χ0) is 16.4. The Morgan fingerprint density at radius 3 is 2.65 bits per heavy atom. The van der Waals surface area contributed by atoms with E-state index in [2.05, 4.69) is 13.8 Å². The van der Waals surface area contributed by atoms with Gasteiger partial charge in [0.25, 0.3) is 0 Å². The van der Waals surface area contributed by atoms with E-state index < -0.39 is 0 Å². The van der Waals surface area contributed by atoms with E-state index in [0.717, 1.165) is 55.4 Å². The molecule has 4 aliphatic carbocycles. The molecule has 126 valence electrons. The van der Waals surface area contributed by atoms with Crippen molar-refractivity contribution in [2.75, 3.05) is 0 Å². The quantitative estimate of drug-likeness (QED) is 0.639. The molecule has 0 aromatic carbocycles. The molecule has 0 N–H and O–H groups in total. The number of halogens is 1. The van der Waals surface area contributed by atoms with Crippen LogP contribution in [0.1, 0.15) is 65.2 Å². The van der Waals surface area contributed by atoms with Crippen LogP contribution in [0.3, 0.4) is 0 Å². The summed E-state index contributed by atoms with van der Waals surface area (Å²) in [5.74, 6) is 3.03. The number of hydrogen-bond acceptors (Lipinski definition) is 2. The van der Waals surface area contributed by atoms with Crippen LogP contribution in [0.15, 0.2) is 10.6 Å². The van der Waals surface area contributed by atoms with E-state index in [4.69, 9.17) is 11.6 Å². The minimum absolute atomic E-state index is 0.0556. The molecule has 0 heterocycles. The predicted octanol–water partition coefficient (Wildman–Crippen LogP) is 4.90. The molecule has 3 heteroatoms. The molecule has 0 aliphatic heterocycles. The molecule has 6 atom stereocenters. The first kappa shape index (κ1) is 15.9. The van der Waals surface area contributed by atoms with Crippen LogP contribution in [0.4, 0.5) is 0 Å². The molecule has 0 saturated heterocycles. The van der Waals surface area contributed by atoms with Crippen LogP contribution in [0.5, 0.6) is 0 Å². The van der Waals surface area contributed by atoms with Gasteiger partial charge in [-0.05, 0) is 74.0 Å². The zero-order valence-corrected chi connectivity index (χ0v) is 15.0. The highest BCUT2D eigenvalue weighted by atomic mass is 35.5. The molecule has 0 aromatic rings. The van der Waals surface area contributed by atoms with Gasteiger partial charge in [-0.25, -0.2) is 0 Å². The third-order valence-electron chi connectivity index (χ3n) is 8.26. The molecule has 0 bridgehead atoms. The number of carbonyl (C=O) groups is 2. The van der Waals surface area contributed by atoms with Crippen LogP contribution in [0, 0.1) is 34.5 Å². The molecular weight excluding hydrogens is 308 g/mol. The van der Waals surface area contributed by atoms with Crippen LogP contribution >= 0.6 is 11.6 Å². The number of allylic oxidation sites excluding steroid dienone is 2. The minimum atomic E-state index is -0.0556. The lowest BCUT2D eigenvalue weighted by atomic mass is 9.45. The molecule has 2 nitrogen and oxygen atoms in total. The lowest BCUT2D eigenvalue weighted by Crippen LogP contribution is -2.53. The molecule has 0 amide bonds. The zero-order valence-electron chi connectivity index (χ0n) is 14.2.